The topological polar surface area (TPSA) is 61.9 Å². The minimum Gasteiger partial charge on any atom is -0.494 e. The largest absolute Gasteiger partial charge is 0.494 e. The molecule has 0 saturated carbocycles. The predicted molar refractivity (Wildman–Crippen MR) is 92.6 cm³/mol. The van der Waals surface area contributed by atoms with E-state index in [0.29, 0.717) is 25.5 Å². The number of imide groups is 1. The Kier molecular flexibility index (Phi) is 6.20. The van der Waals surface area contributed by atoms with Crippen molar-refractivity contribution < 1.29 is 14.3 Å². The molecule has 0 radical (unpaired) electrons. The van der Waals surface area contributed by atoms with E-state index in [1.165, 1.54) is 4.90 Å². The van der Waals surface area contributed by atoms with Gasteiger partial charge in [-0.3, -0.25) is 9.69 Å². The van der Waals surface area contributed by atoms with Crippen molar-refractivity contribution in [2.75, 3.05) is 20.3 Å². The van der Waals surface area contributed by atoms with Crippen LogP contribution in [0.5, 0.6) is 5.75 Å². The Morgan fingerprint density at radius 3 is 2.50 bits per heavy atom. The fourth-order valence-corrected chi connectivity index (χ4v) is 2.80. The highest BCUT2D eigenvalue weighted by molar-refractivity contribution is 6.04. The molecule has 1 atom stereocenters. The number of carbonyl (C=O) groups excluding carboxylic acids is 2. The number of hydrogen-bond acceptors (Lipinski definition) is 4. The maximum atomic E-state index is 12.4. The molecule has 1 saturated heterocycles. The highest BCUT2D eigenvalue weighted by Crippen LogP contribution is 2.16. The lowest BCUT2D eigenvalue weighted by Crippen LogP contribution is -2.40. The molecule has 1 N–H and O–H groups in total. The van der Waals surface area contributed by atoms with E-state index in [1.807, 2.05) is 57.0 Å². The SMILES string of the molecule is CCOc1ccc(CN(C)CN2C(=O)NC(CC(C)C)C2=O)cc1. The van der Waals surface area contributed by atoms with E-state index < -0.39 is 6.04 Å². The van der Waals surface area contributed by atoms with E-state index in [0.717, 1.165) is 11.3 Å². The van der Waals surface area contributed by atoms with Gasteiger partial charge in [0.1, 0.15) is 11.8 Å². The second-order valence-electron chi connectivity index (χ2n) is 6.63. The summed E-state index contributed by atoms with van der Waals surface area (Å²) in [7, 11) is 1.90. The zero-order chi connectivity index (χ0) is 17.7. The van der Waals surface area contributed by atoms with Gasteiger partial charge in [-0.05, 0) is 44.0 Å². The normalized spacial score (nSPS) is 17.8. The molecule has 0 spiro atoms. The highest BCUT2D eigenvalue weighted by Gasteiger charge is 2.38. The molecule has 1 unspecified atom stereocenters. The molecule has 1 fully saturated rings. The summed E-state index contributed by atoms with van der Waals surface area (Å²) in [5, 5.41) is 2.77. The van der Waals surface area contributed by atoms with Crippen LogP contribution in [0.4, 0.5) is 4.79 Å². The maximum absolute atomic E-state index is 12.4. The van der Waals surface area contributed by atoms with Crippen molar-refractivity contribution in [1.29, 1.82) is 0 Å². The van der Waals surface area contributed by atoms with E-state index in [4.69, 9.17) is 4.74 Å². The molecule has 0 aliphatic carbocycles. The fraction of sp³-hybridized carbons (Fsp3) is 0.556. The van der Waals surface area contributed by atoms with Crippen LogP contribution in [0.25, 0.3) is 0 Å². The quantitative estimate of drug-likeness (QED) is 0.742. The summed E-state index contributed by atoms with van der Waals surface area (Å²) < 4.78 is 5.43. The van der Waals surface area contributed by atoms with Crippen LogP contribution < -0.4 is 10.1 Å². The first-order valence-corrected chi connectivity index (χ1v) is 8.42. The third-order valence-corrected chi connectivity index (χ3v) is 3.88. The van der Waals surface area contributed by atoms with Crippen LogP contribution in [-0.4, -0.2) is 48.1 Å². The van der Waals surface area contributed by atoms with Gasteiger partial charge in [0.05, 0.1) is 13.3 Å². The van der Waals surface area contributed by atoms with Crippen molar-refractivity contribution >= 4 is 11.9 Å². The summed E-state index contributed by atoms with van der Waals surface area (Å²) >= 11 is 0. The zero-order valence-corrected chi connectivity index (χ0v) is 14.9. The Bertz CT molecular complexity index is 571. The second-order valence-corrected chi connectivity index (χ2v) is 6.63. The Morgan fingerprint density at radius 2 is 1.92 bits per heavy atom. The first kappa shape index (κ1) is 18.3. The van der Waals surface area contributed by atoms with E-state index in [-0.39, 0.29) is 18.6 Å². The molecule has 1 aliphatic rings. The van der Waals surface area contributed by atoms with Crippen molar-refractivity contribution in [2.24, 2.45) is 5.92 Å². The van der Waals surface area contributed by atoms with Gasteiger partial charge >= 0.3 is 6.03 Å². The molecule has 2 rings (SSSR count). The Labute approximate surface area is 143 Å². The standard InChI is InChI=1S/C18H27N3O3/c1-5-24-15-8-6-14(7-9-15)11-20(4)12-21-17(22)16(10-13(2)3)19-18(21)23/h6-9,13,16H,5,10-12H2,1-4H3,(H,19,23). The number of nitrogens with one attached hydrogen (secondary N) is 1. The number of carbonyl (C=O) groups is 2. The van der Waals surface area contributed by atoms with Crippen molar-refractivity contribution in [3.05, 3.63) is 29.8 Å². The van der Waals surface area contributed by atoms with Gasteiger partial charge in [0.25, 0.3) is 5.91 Å². The molecule has 6 heteroatoms. The van der Waals surface area contributed by atoms with Crippen molar-refractivity contribution in [1.82, 2.24) is 15.1 Å². The molecular weight excluding hydrogens is 306 g/mol. The molecule has 0 aromatic heterocycles. The minimum absolute atomic E-state index is 0.132. The molecule has 132 valence electrons. The van der Waals surface area contributed by atoms with Gasteiger partial charge in [0.15, 0.2) is 0 Å². The molecule has 0 bridgehead atoms. The van der Waals surface area contributed by atoms with Crippen LogP contribution in [0.1, 0.15) is 32.8 Å². The van der Waals surface area contributed by atoms with Gasteiger partial charge in [-0.2, -0.15) is 0 Å². The summed E-state index contributed by atoms with van der Waals surface area (Å²) in [6.07, 6.45) is 0.670. The molecule has 6 nitrogen and oxygen atoms in total. The van der Waals surface area contributed by atoms with E-state index in [9.17, 15) is 9.59 Å². The van der Waals surface area contributed by atoms with Crippen LogP contribution in [-0.2, 0) is 11.3 Å². The van der Waals surface area contributed by atoms with E-state index in [2.05, 4.69) is 5.32 Å². The van der Waals surface area contributed by atoms with Gasteiger partial charge in [-0.1, -0.05) is 26.0 Å². The first-order chi connectivity index (χ1) is 11.4. The predicted octanol–water partition coefficient (Wildman–Crippen LogP) is 2.44. The van der Waals surface area contributed by atoms with Crippen molar-refractivity contribution in [3.63, 3.8) is 0 Å². The molecular formula is C18H27N3O3. The summed E-state index contributed by atoms with van der Waals surface area (Å²) in [5.74, 6) is 1.07. The Balaban J connectivity index is 1.90. The first-order valence-electron chi connectivity index (χ1n) is 8.42. The van der Waals surface area contributed by atoms with Gasteiger partial charge in [0.2, 0.25) is 0 Å². The summed E-state index contributed by atoms with van der Waals surface area (Å²) in [6, 6.07) is 7.16. The molecule has 1 heterocycles. The van der Waals surface area contributed by atoms with Gasteiger partial charge in [0, 0.05) is 6.54 Å². The molecule has 1 aromatic rings. The smallest absolute Gasteiger partial charge is 0.325 e. The fourth-order valence-electron chi connectivity index (χ4n) is 2.80. The molecule has 24 heavy (non-hydrogen) atoms. The third-order valence-electron chi connectivity index (χ3n) is 3.88. The van der Waals surface area contributed by atoms with Crippen LogP contribution in [0.15, 0.2) is 24.3 Å². The molecule has 1 aliphatic heterocycles. The number of hydrogen-bond donors (Lipinski definition) is 1. The molecule has 1 aromatic carbocycles. The lowest BCUT2D eigenvalue weighted by atomic mass is 10.0. The van der Waals surface area contributed by atoms with Crippen molar-refractivity contribution in [3.8, 4) is 5.75 Å². The number of ether oxygens (including phenoxy) is 1. The minimum atomic E-state index is -0.392. The number of nitrogens with zero attached hydrogens (tertiary/aromatic N) is 2. The second kappa shape index (κ2) is 8.15. The number of benzene rings is 1. The summed E-state index contributed by atoms with van der Waals surface area (Å²) in [6.45, 7) is 7.61. The third kappa shape index (κ3) is 4.71. The number of urea groups is 1. The van der Waals surface area contributed by atoms with Gasteiger partial charge in [-0.25, -0.2) is 9.69 Å². The average Bonchev–Trinajstić information content (AvgIpc) is 2.76. The maximum Gasteiger partial charge on any atom is 0.325 e. The van der Waals surface area contributed by atoms with Crippen LogP contribution >= 0.6 is 0 Å². The van der Waals surface area contributed by atoms with Gasteiger partial charge in [-0.15, -0.1) is 0 Å². The van der Waals surface area contributed by atoms with Crippen LogP contribution in [0, 0.1) is 5.92 Å². The van der Waals surface area contributed by atoms with Crippen molar-refractivity contribution in [2.45, 2.75) is 39.8 Å². The van der Waals surface area contributed by atoms with Gasteiger partial charge < -0.3 is 10.1 Å². The van der Waals surface area contributed by atoms with E-state index >= 15 is 0 Å². The van der Waals surface area contributed by atoms with E-state index in [1.54, 1.807) is 0 Å². The molecule has 3 amide bonds. The number of amides is 3. The Hall–Kier alpha value is -2.08. The number of rotatable bonds is 8. The monoisotopic (exact) mass is 333 g/mol. The lowest BCUT2D eigenvalue weighted by Gasteiger charge is -2.22. The zero-order valence-electron chi connectivity index (χ0n) is 14.9. The highest BCUT2D eigenvalue weighted by atomic mass is 16.5. The average molecular weight is 333 g/mol. The summed E-state index contributed by atoms with van der Waals surface area (Å²) in [5.41, 5.74) is 1.10. The Morgan fingerprint density at radius 1 is 1.25 bits per heavy atom. The summed E-state index contributed by atoms with van der Waals surface area (Å²) in [4.78, 5) is 27.6. The van der Waals surface area contributed by atoms with Crippen LogP contribution in [0.3, 0.4) is 0 Å². The lowest BCUT2D eigenvalue weighted by molar-refractivity contribution is -0.129. The van der Waals surface area contributed by atoms with Crippen LogP contribution in [0.2, 0.25) is 0 Å².